The zero-order valence-corrected chi connectivity index (χ0v) is 11.1. The zero-order valence-electron chi connectivity index (χ0n) is 11.1. The van der Waals surface area contributed by atoms with Gasteiger partial charge in [0.25, 0.3) is 0 Å². The molecule has 2 atom stereocenters. The van der Waals surface area contributed by atoms with Crippen LogP contribution in [-0.4, -0.2) is 42.5 Å². The van der Waals surface area contributed by atoms with Gasteiger partial charge >= 0.3 is 6.18 Å². The van der Waals surface area contributed by atoms with Gasteiger partial charge in [0.2, 0.25) is 0 Å². The molecule has 1 aromatic heterocycles. The molecule has 2 unspecified atom stereocenters. The smallest absolute Gasteiger partial charge is 0.381 e. The van der Waals surface area contributed by atoms with E-state index < -0.39 is 11.9 Å². The largest absolute Gasteiger partial charge is 0.435 e. The van der Waals surface area contributed by atoms with Gasteiger partial charge in [-0.3, -0.25) is 0 Å². The van der Waals surface area contributed by atoms with Crippen molar-refractivity contribution >= 4 is 5.82 Å². The van der Waals surface area contributed by atoms with Crippen molar-refractivity contribution in [3.63, 3.8) is 0 Å². The van der Waals surface area contributed by atoms with E-state index in [4.69, 9.17) is 10.5 Å². The summed E-state index contributed by atoms with van der Waals surface area (Å²) in [7, 11) is 1.64. The lowest BCUT2D eigenvalue weighted by molar-refractivity contribution is -0.141. The number of anilines is 1. The third kappa shape index (κ3) is 3.18. The van der Waals surface area contributed by atoms with Crippen molar-refractivity contribution in [2.24, 2.45) is 5.73 Å². The van der Waals surface area contributed by atoms with Crippen LogP contribution in [0.4, 0.5) is 19.0 Å². The van der Waals surface area contributed by atoms with Gasteiger partial charge in [-0.15, -0.1) is 10.2 Å². The lowest BCUT2D eigenvalue weighted by atomic mass is 9.99. The van der Waals surface area contributed by atoms with Gasteiger partial charge in [0, 0.05) is 26.2 Å². The molecule has 0 spiro atoms. The molecule has 1 saturated heterocycles. The molecule has 8 heteroatoms. The van der Waals surface area contributed by atoms with Crippen molar-refractivity contribution in [1.29, 1.82) is 0 Å². The summed E-state index contributed by atoms with van der Waals surface area (Å²) in [6.45, 7) is 1.03. The predicted molar refractivity (Wildman–Crippen MR) is 67.3 cm³/mol. The van der Waals surface area contributed by atoms with Gasteiger partial charge in [0.05, 0.1) is 6.10 Å². The number of nitrogens with zero attached hydrogens (tertiary/aromatic N) is 3. The Hall–Kier alpha value is -1.41. The molecular formula is C12H17F3N4O. The van der Waals surface area contributed by atoms with E-state index in [-0.39, 0.29) is 12.1 Å². The van der Waals surface area contributed by atoms with E-state index >= 15 is 0 Å². The second-order valence-electron chi connectivity index (χ2n) is 4.74. The third-order valence-electron chi connectivity index (χ3n) is 3.51. The first-order valence-electron chi connectivity index (χ1n) is 6.36. The minimum absolute atomic E-state index is 0.000244. The molecule has 1 fully saturated rings. The summed E-state index contributed by atoms with van der Waals surface area (Å²) in [4.78, 5) is 1.89. The average molecular weight is 290 g/mol. The highest BCUT2D eigenvalue weighted by Crippen LogP contribution is 2.29. The minimum Gasteiger partial charge on any atom is -0.381 e. The normalized spacial score (nSPS) is 23.9. The number of hydrogen-bond acceptors (Lipinski definition) is 5. The highest BCUT2D eigenvalue weighted by atomic mass is 19.4. The predicted octanol–water partition coefficient (Wildman–Crippen LogP) is 1.44. The van der Waals surface area contributed by atoms with Gasteiger partial charge in [0.1, 0.15) is 0 Å². The van der Waals surface area contributed by atoms with Crippen LogP contribution >= 0.6 is 0 Å². The number of methoxy groups -OCH3 is 1. The topological polar surface area (TPSA) is 64.3 Å². The van der Waals surface area contributed by atoms with Crippen LogP contribution in [0.15, 0.2) is 12.1 Å². The van der Waals surface area contributed by atoms with Crippen molar-refractivity contribution in [2.45, 2.75) is 31.2 Å². The van der Waals surface area contributed by atoms with Gasteiger partial charge in [-0.1, -0.05) is 0 Å². The van der Waals surface area contributed by atoms with Crippen LogP contribution in [0.5, 0.6) is 0 Å². The van der Waals surface area contributed by atoms with E-state index in [2.05, 4.69) is 10.2 Å². The summed E-state index contributed by atoms with van der Waals surface area (Å²) in [6.07, 6.45) is -2.82. The van der Waals surface area contributed by atoms with E-state index in [0.717, 1.165) is 18.9 Å². The van der Waals surface area contributed by atoms with Crippen LogP contribution in [0.3, 0.4) is 0 Å². The van der Waals surface area contributed by atoms with Crippen molar-refractivity contribution < 1.29 is 17.9 Å². The van der Waals surface area contributed by atoms with Crippen molar-refractivity contribution in [3.8, 4) is 0 Å². The van der Waals surface area contributed by atoms with E-state index in [0.29, 0.717) is 18.9 Å². The fourth-order valence-electron chi connectivity index (χ4n) is 2.38. The number of halogens is 3. The van der Waals surface area contributed by atoms with Gasteiger partial charge < -0.3 is 15.4 Å². The fraction of sp³-hybridized carbons (Fsp3) is 0.667. The van der Waals surface area contributed by atoms with Crippen LogP contribution in [0.1, 0.15) is 18.5 Å². The molecule has 0 saturated carbocycles. The molecule has 1 aromatic rings. The van der Waals surface area contributed by atoms with Crippen molar-refractivity contribution in [1.82, 2.24) is 10.2 Å². The SMILES string of the molecule is COC1CCN(c2ccc(C(F)(F)F)nn2)C(CN)C1. The molecule has 0 aromatic carbocycles. The Balaban J connectivity index is 2.14. The molecule has 0 radical (unpaired) electrons. The first kappa shape index (κ1) is 15.0. The minimum atomic E-state index is -4.47. The van der Waals surface area contributed by atoms with E-state index in [1.807, 2.05) is 4.90 Å². The Bertz CT molecular complexity index is 437. The number of ether oxygens (including phenoxy) is 1. The Morgan fingerprint density at radius 1 is 1.40 bits per heavy atom. The molecule has 1 aliphatic heterocycles. The molecule has 5 nitrogen and oxygen atoms in total. The highest BCUT2D eigenvalue weighted by molar-refractivity contribution is 5.40. The van der Waals surface area contributed by atoms with Crippen LogP contribution in [0, 0.1) is 0 Å². The Kier molecular flexibility index (Phi) is 4.44. The summed E-state index contributed by atoms with van der Waals surface area (Å²) in [5.74, 6) is 0.419. The zero-order chi connectivity index (χ0) is 14.8. The summed E-state index contributed by atoms with van der Waals surface area (Å²) < 4.78 is 42.7. The van der Waals surface area contributed by atoms with Crippen molar-refractivity contribution in [2.75, 3.05) is 25.1 Å². The van der Waals surface area contributed by atoms with Crippen LogP contribution in [0.2, 0.25) is 0 Å². The summed E-state index contributed by atoms with van der Waals surface area (Å²) in [6, 6.07) is 2.28. The molecule has 112 valence electrons. The molecule has 2 N–H and O–H groups in total. The first-order valence-corrected chi connectivity index (χ1v) is 6.36. The van der Waals surface area contributed by atoms with E-state index in [1.54, 1.807) is 7.11 Å². The van der Waals surface area contributed by atoms with Crippen LogP contribution in [0.25, 0.3) is 0 Å². The van der Waals surface area contributed by atoms with Gasteiger partial charge in [-0.2, -0.15) is 13.2 Å². The maximum absolute atomic E-state index is 12.4. The highest BCUT2D eigenvalue weighted by Gasteiger charge is 2.34. The summed E-state index contributed by atoms with van der Waals surface area (Å²) in [5.41, 5.74) is 4.73. The molecular weight excluding hydrogens is 273 g/mol. The molecule has 0 amide bonds. The first-order chi connectivity index (χ1) is 9.45. The number of rotatable bonds is 3. The second kappa shape index (κ2) is 5.92. The van der Waals surface area contributed by atoms with Crippen LogP contribution in [-0.2, 0) is 10.9 Å². The Morgan fingerprint density at radius 3 is 2.65 bits per heavy atom. The van der Waals surface area contributed by atoms with Gasteiger partial charge in [-0.25, -0.2) is 0 Å². The molecule has 0 aliphatic carbocycles. The third-order valence-corrected chi connectivity index (χ3v) is 3.51. The van der Waals surface area contributed by atoms with Gasteiger partial charge in [-0.05, 0) is 25.0 Å². The van der Waals surface area contributed by atoms with Crippen LogP contribution < -0.4 is 10.6 Å². The molecule has 2 rings (SSSR count). The lowest BCUT2D eigenvalue weighted by Crippen LogP contribution is -2.49. The molecule has 1 aliphatic rings. The monoisotopic (exact) mass is 290 g/mol. The second-order valence-corrected chi connectivity index (χ2v) is 4.74. The Labute approximate surface area is 114 Å². The van der Waals surface area contributed by atoms with Crippen molar-refractivity contribution in [3.05, 3.63) is 17.8 Å². The fourth-order valence-corrected chi connectivity index (χ4v) is 2.38. The van der Waals surface area contributed by atoms with Gasteiger partial charge in [0.15, 0.2) is 11.5 Å². The maximum Gasteiger partial charge on any atom is 0.435 e. The lowest BCUT2D eigenvalue weighted by Gasteiger charge is -2.39. The number of nitrogens with two attached hydrogens (primary N) is 1. The summed E-state index contributed by atoms with van der Waals surface area (Å²) >= 11 is 0. The molecule has 0 bridgehead atoms. The Morgan fingerprint density at radius 2 is 2.15 bits per heavy atom. The number of hydrogen-bond donors (Lipinski definition) is 1. The standard InChI is InChI=1S/C12H17F3N4O/c1-20-9-4-5-19(8(6-9)7-16)11-3-2-10(17-18-11)12(13,14)15/h2-3,8-9H,4-7,16H2,1H3. The van der Waals surface area contributed by atoms with E-state index in [1.165, 1.54) is 6.07 Å². The quantitative estimate of drug-likeness (QED) is 0.912. The average Bonchev–Trinajstić information content (AvgIpc) is 2.45. The number of alkyl halides is 3. The summed E-state index contributed by atoms with van der Waals surface area (Å²) in [5, 5.41) is 6.92. The maximum atomic E-state index is 12.4. The van der Waals surface area contributed by atoms with E-state index in [9.17, 15) is 13.2 Å². The number of piperidine rings is 1. The molecule has 2 heterocycles. The number of aromatic nitrogens is 2. The molecule has 20 heavy (non-hydrogen) atoms.